The van der Waals surface area contributed by atoms with Gasteiger partial charge in [-0.3, -0.25) is 0 Å². The van der Waals surface area contributed by atoms with E-state index < -0.39 is 0 Å². The second-order valence-electron chi connectivity index (χ2n) is 3.01. The average molecular weight is 161 g/mol. The number of hydrogen-bond acceptors (Lipinski definition) is 0. The molecule has 0 N–H and O–H groups in total. The van der Waals surface area contributed by atoms with Gasteiger partial charge >= 0.3 is 0 Å². The fourth-order valence-electron chi connectivity index (χ4n) is 1.10. The molecule has 0 aliphatic carbocycles. The quantitative estimate of drug-likeness (QED) is 0.588. The van der Waals surface area contributed by atoms with Gasteiger partial charge in [0.05, 0.1) is 0 Å². The Bertz CT molecular complexity index is 343. The minimum atomic E-state index is 0.848. The van der Waals surface area contributed by atoms with E-state index in [0.29, 0.717) is 0 Å². The predicted molar refractivity (Wildman–Crippen MR) is 54.2 cm³/mol. The zero-order chi connectivity index (χ0) is 9.14. The van der Waals surface area contributed by atoms with Gasteiger partial charge in [-0.1, -0.05) is 32.2 Å². The summed E-state index contributed by atoms with van der Waals surface area (Å²) in [5, 5.41) is 2.02. The Hall–Kier alpha value is -1.24. The summed E-state index contributed by atoms with van der Waals surface area (Å²) in [4.78, 5) is 0. The highest BCUT2D eigenvalue weighted by molar-refractivity contribution is 5.10. The van der Waals surface area contributed by atoms with Crippen LogP contribution in [0.15, 0.2) is 24.3 Å². The van der Waals surface area contributed by atoms with Gasteiger partial charge in [0, 0.05) is 17.2 Å². The second kappa shape index (κ2) is 3.44. The van der Waals surface area contributed by atoms with Crippen LogP contribution in [0.4, 0.5) is 0 Å². The molecular weight excluding hydrogens is 146 g/mol. The van der Waals surface area contributed by atoms with Crippen molar-refractivity contribution < 1.29 is 0 Å². The lowest BCUT2D eigenvalue weighted by Crippen LogP contribution is -2.25. The van der Waals surface area contributed by atoms with Crippen molar-refractivity contribution in [2.24, 2.45) is 0 Å². The largest absolute Gasteiger partial charge is 0.338 e. The van der Waals surface area contributed by atoms with Gasteiger partial charge in [-0.2, -0.15) is 0 Å². The molecule has 12 heavy (non-hydrogen) atoms. The number of nitrogens with zero attached hydrogens (tertiary/aromatic N) is 1. The molecule has 0 radical (unpaired) electrons. The first-order valence-corrected chi connectivity index (χ1v) is 4.15. The van der Waals surface area contributed by atoms with Crippen LogP contribution >= 0.6 is 0 Å². The third kappa shape index (κ3) is 1.67. The van der Waals surface area contributed by atoms with Crippen molar-refractivity contribution in [2.75, 3.05) is 0 Å². The minimum Gasteiger partial charge on any atom is -0.338 e. The van der Waals surface area contributed by atoms with E-state index in [1.54, 1.807) is 0 Å². The van der Waals surface area contributed by atoms with E-state index in [1.165, 1.54) is 5.57 Å². The van der Waals surface area contributed by atoms with Gasteiger partial charge in [0.2, 0.25) is 0 Å². The van der Waals surface area contributed by atoms with Gasteiger partial charge in [0.25, 0.3) is 0 Å². The van der Waals surface area contributed by atoms with Crippen molar-refractivity contribution in [1.82, 2.24) is 4.57 Å². The van der Waals surface area contributed by atoms with Gasteiger partial charge in [-0.15, -0.1) is 0 Å². The summed E-state index contributed by atoms with van der Waals surface area (Å²) in [5.74, 6) is 0. The Morgan fingerprint density at radius 1 is 1.33 bits per heavy atom. The van der Waals surface area contributed by atoms with Crippen LogP contribution in [0.25, 0.3) is 13.2 Å². The summed E-state index contributed by atoms with van der Waals surface area (Å²) in [6, 6.07) is 3.95. The van der Waals surface area contributed by atoms with Crippen molar-refractivity contribution in [3.63, 3.8) is 0 Å². The standard InChI is InChI=1S/C11H15N/c1-5-9(2)8-12-10(3)6-7-11(12)4/h6-7H,2-5,8H2,1H3. The zero-order valence-electron chi connectivity index (χ0n) is 7.64. The number of rotatable bonds is 3. The first kappa shape index (κ1) is 8.85. The Morgan fingerprint density at radius 2 is 1.83 bits per heavy atom. The molecule has 0 aliphatic heterocycles. The first-order valence-electron chi connectivity index (χ1n) is 4.15. The van der Waals surface area contributed by atoms with E-state index in [4.69, 9.17) is 0 Å². The molecule has 1 nitrogen and oxygen atoms in total. The molecule has 0 aliphatic rings. The fraction of sp³-hybridized carbons (Fsp3) is 0.273. The molecule has 1 aromatic heterocycles. The van der Waals surface area contributed by atoms with Gasteiger partial charge in [0.15, 0.2) is 0 Å². The van der Waals surface area contributed by atoms with Crippen LogP contribution in [0.1, 0.15) is 13.3 Å². The summed E-state index contributed by atoms with van der Waals surface area (Å²) in [6.45, 7) is 14.7. The summed E-state index contributed by atoms with van der Waals surface area (Å²) in [6.07, 6.45) is 1.01. The topological polar surface area (TPSA) is 4.93 Å². The maximum atomic E-state index is 3.95. The summed E-state index contributed by atoms with van der Waals surface area (Å²) in [5.41, 5.74) is 1.21. The van der Waals surface area contributed by atoms with E-state index in [1.807, 2.05) is 12.1 Å². The molecule has 0 spiro atoms. The van der Waals surface area contributed by atoms with E-state index in [2.05, 4.69) is 31.2 Å². The van der Waals surface area contributed by atoms with E-state index in [0.717, 1.165) is 23.7 Å². The molecule has 0 amide bonds. The Morgan fingerprint density at radius 3 is 2.25 bits per heavy atom. The SMILES string of the molecule is C=C(CC)Cn1c(=C)ccc1=C. The van der Waals surface area contributed by atoms with Gasteiger partial charge in [-0.25, -0.2) is 0 Å². The van der Waals surface area contributed by atoms with Crippen LogP contribution in [0.5, 0.6) is 0 Å². The Labute approximate surface area is 73.3 Å². The normalized spacial score (nSPS) is 10.1. The maximum absolute atomic E-state index is 3.95. The second-order valence-corrected chi connectivity index (χ2v) is 3.01. The molecule has 1 aromatic rings. The van der Waals surface area contributed by atoms with Crippen molar-refractivity contribution in [2.45, 2.75) is 19.9 Å². The number of allylic oxidation sites excluding steroid dienone is 1. The molecule has 64 valence electrons. The van der Waals surface area contributed by atoms with Crippen molar-refractivity contribution in [3.8, 4) is 0 Å². The lowest BCUT2D eigenvalue weighted by Gasteiger charge is -2.04. The van der Waals surface area contributed by atoms with Crippen LogP contribution in [0.3, 0.4) is 0 Å². The summed E-state index contributed by atoms with van der Waals surface area (Å²) < 4.78 is 2.08. The van der Waals surface area contributed by atoms with Crippen molar-refractivity contribution in [3.05, 3.63) is 35.0 Å². The molecule has 0 saturated carbocycles. The Kier molecular flexibility index (Phi) is 2.54. The van der Waals surface area contributed by atoms with E-state index >= 15 is 0 Å². The predicted octanol–water partition coefficient (Wildman–Crippen LogP) is 1.27. The van der Waals surface area contributed by atoms with Gasteiger partial charge < -0.3 is 4.57 Å². The van der Waals surface area contributed by atoms with E-state index in [9.17, 15) is 0 Å². The average Bonchev–Trinajstić information content (AvgIpc) is 2.35. The fourth-order valence-corrected chi connectivity index (χ4v) is 1.10. The molecular formula is C11H15N. The molecule has 1 heteroatoms. The molecule has 1 heterocycles. The minimum absolute atomic E-state index is 0.848. The monoisotopic (exact) mass is 161 g/mol. The molecule has 0 saturated heterocycles. The highest BCUT2D eigenvalue weighted by Crippen LogP contribution is 1.96. The maximum Gasteiger partial charge on any atom is 0.0438 e. The number of aromatic nitrogens is 1. The van der Waals surface area contributed by atoms with Crippen molar-refractivity contribution in [1.29, 1.82) is 0 Å². The highest BCUT2D eigenvalue weighted by Gasteiger charge is 1.94. The highest BCUT2D eigenvalue weighted by atomic mass is 15.0. The van der Waals surface area contributed by atoms with Crippen LogP contribution in [-0.4, -0.2) is 4.57 Å². The van der Waals surface area contributed by atoms with Crippen LogP contribution < -0.4 is 10.7 Å². The van der Waals surface area contributed by atoms with Crippen LogP contribution in [-0.2, 0) is 6.54 Å². The smallest absolute Gasteiger partial charge is 0.0438 e. The molecule has 1 rings (SSSR count). The van der Waals surface area contributed by atoms with Gasteiger partial charge in [0.1, 0.15) is 0 Å². The third-order valence-electron chi connectivity index (χ3n) is 2.04. The number of hydrogen-bond donors (Lipinski definition) is 0. The first-order chi connectivity index (χ1) is 5.65. The lowest BCUT2D eigenvalue weighted by atomic mass is 10.2. The molecule has 0 aromatic carbocycles. The van der Waals surface area contributed by atoms with Gasteiger partial charge in [-0.05, 0) is 18.6 Å². The third-order valence-corrected chi connectivity index (χ3v) is 2.04. The van der Waals surface area contributed by atoms with Crippen LogP contribution in [0, 0.1) is 0 Å². The summed E-state index contributed by atoms with van der Waals surface area (Å²) in [7, 11) is 0. The molecule has 0 fully saturated rings. The van der Waals surface area contributed by atoms with Crippen LogP contribution in [0.2, 0.25) is 0 Å². The molecule has 0 atom stereocenters. The lowest BCUT2D eigenvalue weighted by molar-refractivity contribution is 0.728. The molecule has 0 bridgehead atoms. The zero-order valence-corrected chi connectivity index (χ0v) is 7.64. The van der Waals surface area contributed by atoms with Crippen molar-refractivity contribution >= 4 is 13.2 Å². The Balaban J connectivity index is 2.96. The molecule has 0 unspecified atom stereocenters. The summed E-state index contributed by atoms with van der Waals surface area (Å²) >= 11 is 0. The van der Waals surface area contributed by atoms with E-state index in [-0.39, 0.29) is 0 Å².